The topological polar surface area (TPSA) is 29.3 Å². The van der Waals surface area contributed by atoms with Crippen LogP contribution in [-0.4, -0.2) is 31.6 Å². The van der Waals surface area contributed by atoms with Crippen LogP contribution in [0, 0.1) is 12.7 Å². The Labute approximate surface area is 101 Å². The molecule has 0 aliphatic carbocycles. The van der Waals surface area contributed by atoms with Crippen LogP contribution >= 0.6 is 11.6 Å². The minimum atomic E-state index is -0.194. The van der Waals surface area contributed by atoms with Crippen molar-refractivity contribution >= 4 is 11.6 Å². The molecule has 2 nitrogen and oxygen atoms in total. The van der Waals surface area contributed by atoms with E-state index in [0.717, 1.165) is 25.1 Å². The SMILES string of the molecule is Cc1cc(Cl)c(CCN(C)CCN)cc1F. The largest absolute Gasteiger partial charge is 0.329 e. The molecule has 0 heterocycles. The van der Waals surface area contributed by atoms with Gasteiger partial charge >= 0.3 is 0 Å². The van der Waals surface area contributed by atoms with Crippen molar-refractivity contribution in [2.75, 3.05) is 26.7 Å². The molecule has 0 radical (unpaired) electrons. The van der Waals surface area contributed by atoms with Crippen LogP contribution in [0.2, 0.25) is 5.02 Å². The zero-order valence-corrected chi connectivity index (χ0v) is 10.5. The molecule has 0 amide bonds. The maximum Gasteiger partial charge on any atom is 0.126 e. The number of benzene rings is 1. The summed E-state index contributed by atoms with van der Waals surface area (Å²) < 4.78 is 13.3. The van der Waals surface area contributed by atoms with Crippen LogP contribution in [0.4, 0.5) is 4.39 Å². The van der Waals surface area contributed by atoms with Crippen LogP contribution < -0.4 is 5.73 Å². The van der Waals surface area contributed by atoms with Crippen molar-refractivity contribution < 1.29 is 4.39 Å². The smallest absolute Gasteiger partial charge is 0.126 e. The first-order valence-electron chi connectivity index (χ1n) is 5.37. The van der Waals surface area contributed by atoms with Crippen LogP contribution in [0.3, 0.4) is 0 Å². The van der Waals surface area contributed by atoms with Gasteiger partial charge in [-0.15, -0.1) is 0 Å². The van der Waals surface area contributed by atoms with Gasteiger partial charge in [-0.05, 0) is 43.7 Å². The number of hydrogen-bond acceptors (Lipinski definition) is 2. The number of nitrogens with zero attached hydrogens (tertiary/aromatic N) is 1. The Morgan fingerprint density at radius 2 is 2.06 bits per heavy atom. The third-order valence-corrected chi connectivity index (χ3v) is 2.95. The first-order chi connectivity index (χ1) is 7.54. The van der Waals surface area contributed by atoms with E-state index >= 15 is 0 Å². The van der Waals surface area contributed by atoms with Crippen molar-refractivity contribution in [2.24, 2.45) is 5.73 Å². The summed E-state index contributed by atoms with van der Waals surface area (Å²) in [4.78, 5) is 2.11. The van der Waals surface area contributed by atoms with Crippen molar-refractivity contribution in [3.63, 3.8) is 0 Å². The van der Waals surface area contributed by atoms with Crippen molar-refractivity contribution in [1.82, 2.24) is 4.90 Å². The molecule has 0 saturated heterocycles. The highest BCUT2D eigenvalue weighted by atomic mass is 35.5. The van der Waals surface area contributed by atoms with E-state index in [9.17, 15) is 4.39 Å². The Morgan fingerprint density at radius 1 is 1.38 bits per heavy atom. The molecule has 1 rings (SSSR count). The van der Waals surface area contributed by atoms with Gasteiger partial charge in [0.2, 0.25) is 0 Å². The molecular weight excluding hydrogens is 227 g/mol. The van der Waals surface area contributed by atoms with Gasteiger partial charge in [-0.25, -0.2) is 4.39 Å². The van der Waals surface area contributed by atoms with Gasteiger partial charge in [0.15, 0.2) is 0 Å². The molecule has 1 aromatic rings. The lowest BCUT2D eigenvalue weighted by Gasteiger charge is -2.15. The summed E-state index contributed by atoms with van der Waals surface area (Å²) in [5.41, 5.74) is 6.89. The van der Waals surface area contributed by atoms with Gasteiger partial charge in [-0.3, -0.25) is 0 Å². The second-order valence-electron chi connectivity index (χ2n) is 4.03. The van der Waals surface area contributed by atoms with Gasteiger partial charge in [0.1, 0.15) is 5.82 Å². The van der Waals surface area contributed by atoms with Gasteiger partial charge in [0.25, 0.3) is 0 Å². The molecule has 90 valence electrons. The Bertz CT molecular complexity index is 355. The van der Waals surface area contributed by atoms with Crippen LogP contribution in [0.1, 0.15) is 11.1 Å². The lowest BCUT2D eigenvalue weighted by molar-refractivity contribution is 0.348. The molecule has 0 atom stereocenters. The number of rotatable bonds is 5. The van der Waals surface area contributed by atoms with E-state index in [1.807, 2.05) is 7.05 Å². The maximum absolute atomic E-state index is 13.3. The molecule has 1 aromatic carbocycles. The standard InChI is InChI=1S/C12H18ClFN2/c1-9-7-11(13)10(8-12(9)14)3-5-16(2)6-4-15/h7-8H,3-6,15H2,1-2H3. The molecule has 0 aliphatic heterocycles. The van der Waals surface area contributed by atoms with Gasteiger partial charge in [-0.2, -0.15) is 0 Å². The van der Waals surface area contributed by atoms with E-state index in [1.54, 1.807) is 13.0 Å². The number of halogens is 2. The molecule has 0 fully saturated rings. The number of aryl methyl sites for hydroxylation is 1. The Balaban J connectivity index is 2.63. The molecular formula is C12H18ClFN2. The molecule has 0 saturated carbocycles. The molecule has 0 spiro atoms. The Kier molecular flexibility index (Phi) is 5.19. The summed E-state index contributed by atoms with van der Waals surface area (Å²) in [6.07, 6.45) is 0.743. The van der Waals surface area contributed by atoms with Crippen molar-refractivity contribution in [2.45, 2.75) is 13.3 Å². The van der Waals surface area contributed by atoms with Gasteiger partial charge < -0.3 is 10.6 Å². The molecule has 0 bridgehead atoms. The summed E-state index contributed by atoms with van der Waals surface area (Å²) in [5, 5.41) is 0.639. The predicted molar refractivity (Wildman–Crippen MR) is 66.4 cm³/mol. The Hall–Kier alpha value is -0.640. The highest BCUT2D eigenvalue weighted by molar-refractivity contribution is 6.31. The van der Waals surface area contributed by atoms with E-state index < -0.39 is 0 Å². The normalized spacial score (nSPS) is 11.1. The number of nitrogens with two attached hydrogens (primary N) is 1. The fourth-order valence-corrected chi connectivity index (χ4v) is 1.84. The number of hydrogen-bond donors (Lipinski definition) is 1. The zero-order chi connectivity index (χ0) is 12.1. The second kappa shape index (κ2) is 6.18. The molecule has 0 aliphatic rings. The van der Waals surface area contributed by atoms with E-state index in [-0.39, 0.29) is 5.82 Å². The first-order valence-corrected chi connectivity index (χ1v) is 5.75. The van der Waals surface area contributed by atoms with Crippen molar-refractivity contribution in [3.05, 3.63) is 34.1 Å². The molecule has 16 heavy (non-hydrogen) atoms. The predicted octanol–water partition coefficient (Wildman–Crippen LogP) is 2.22. The van der Waals surface area contributed by atoms with E-state index in [2.05, 4.69) is 4.90 Å². The highest BCUT2D eigenvalue weighted by Crippen LogP contribution is 2.20. The van der Waals surface area contributed by atoms with Gasteiger partial charge in [-0.1, -0.05) is 11.6 Å². The Morgan fingerprint density at radius 3 is 2.69 bits per heavy atom. The van der Waals surface area contributed by atoms with Crippen LogP contribution in [0.15, 0.2) is 12.1 Å². The maximum atomic E-state index is 13.3. The van der Waals surface area contributed by atoms with E-state index in [4.69, 9.17) is 17.3 Å². The lowest BCUT2D eigenvalue weighted by atomic mass is 10.1. The summed E-state index contributed by atoms with van der Waals surface area (Å²) in [6, 6.07) is 3.20. The van der Waals surface area contributed by atoms with Crippen molar-refractivity contribution in [3.8, 4) is 0 Å². The fourth-order valence-electron chi connectivity index (χ4n) is 1.52. The van der Waals surface area contributed by atoms with Crippen LogP contribution in [-0.2, 0) is 6.42 Å². The quantitative estimate of drug-likeness (QED) is 0.861. The summed E-state index contributed by atoms with van der Waals surface area (Å²) in [7, 11) is 1.99. The minimum Gasteiger partial charge on any atom is -0.329 e. The monoisotopic (exact) mass is 244 g/mol. The number of likely N-dealkylation sites (N-methyl/N-ethyl adjacent to an activating group) is 1. The summed E-state index contributed by atoms with van der Waals surface area (Å²) >= 11 is 6.05. The molecule has 4 heteroatoms. The molecule has 2 N–H and O–H groups in total. The highest BCUT2D eigenvalue weighted by Gasteiger charge is 2.06. The van der Waals surface area contributed by atoms with Gasteiger partial charge in [0.05, 0.1) is 0 Å². The summed E-state index contributed by atoms with van der Waals surface area (Å²) in [5.74, 6) is -0.194. The average Bonchev–Trinajstić information content (AvgIpc) is 2.22. The third kappa shape index (κ3) is 3.74. The lowest BCUT2D eigenvalue weighted by Crippen LogP contribution is -2.27. The van der Waals surface area contributed by atoms with Crippen LogP contribution in [0.25, 0.3) is 0 Å². The van der Waals surface area contributed by atoms with E-state index in [0.29, 0.717) is 17.1 Å². The first kappa shape index (κ1) is 13.4. The summed E-state index contributed by atoms with van der Waals surface area (Å²) in [6.45, 7) is 4.02. The average molecular weight is 245 g/mol. The third-order valence-electron chi connectivity index (χ3n) is 2.60. The molecule has 0 aromatic heterocycles. The minimum absolute atomic E-state index is 0.194. The van der Waals surface area contributed by atoms with Gasteiger partial charge in [0, 0.05) is 24.7 Å². The molecule has 0 unspecified atom stereocenters. The zero-order valence-electron chi connectivity index (χ0n) is 9.76. The van der Waals surface area contributed by atoms with Crippen LogP contribution in [0.5, 0.6) is 0 Å². The van der Waals surface area contributed by atoms with E-state index in [1.165, 1.54) is 6.07 Å². The second-order valence-corrected chi connectivity index (χ2v) is 4.44. The fraction of sp³-hybridized carbons (Fsp3) is 0.500. The van der Waals surface area contributed by atoms with Crippen molar-refractivity contribution in [1.29, 1.82) is 0 Å².